The second-order valence-corrected chi connectivity index (χ2v) is 5.01. The Bertz CT molecular complexity index is 491. The van der Waals surface area contributed by atoms with Crippen molar-refractivity contribution in [2.75, 3.05) is 25.4 Å². The third kappa shape index (κ3) is 6.47. The number of ether oxygens (including phenoxy) is 1. The van der Waals surface area contributed by atoms with Crippen LogP contribution in [0, 0.1) is 0 Å². The van der Waals surface area contributed by atoms with Gasteiger partial charge in [-0.25, -0.2) is 0 Å². The second-order valence-electron chi connectivity index (χ2n) is 5.01. The molecule has 0 aromatic heterocycles. The molecule has 0 atom stereocenters. The first-order valence-electron chi connectivity index (χ1n) is 7.51. The van der Waals surface area contributed by atoms with Crippen molar-refractivity contribution in [3.8, 4) is 5.75 Å². The number of carboxylic acid groups (broad SMARTS) is 1. The fourth-order valence-corrected chi connectivity index (χ4v) is 2.04. The first-order valence-corrected chi connectivity index (χ1v) is 7.51. The fraction of sp³-hybridized carbons (Fsp3) is 0.500. The van der Waals surface area contributed by atoms with E-state index in [1.807, 2.05) is 19.1 Å². The molecule has 0 radical (unpaired) electrons. The highest BCUT2D eigenvalue weighted by atomic mass is 16.5. The van der Waals surface area contributed by atoms with Crippen LogP contribution in [-0.4, -0.2) is 41.6 Å². The van der Waals surface area contributed by atoms with E-state index in [0.717, 1.165) is 6.42 Å². The van der Waals surface area contributed by atoms with Gasteiger partial charge in [-0.1, -0.05) is 19.1 Å². The number of amides is 1. The maximum absolute atomic E-state index is 12.1. The van der Waals surface area contributed by atoms with E-state index in [0.29, 0.717) is 37.4 Å². The molecule has 1 aromatic carbocycles. The summed E-state index contributed by atoms with van der Waals surface area (Å²) in [5, 5.41) is 8.71. The van der Waals surface area contributed by atoms with Gasteiger partial charge >= 0.3 is 5.97 Å². The van der Waals surface area contributed by atoms with Gasteiger partial charge in [0.2, 0.25) is 5.91 Å². The van der Waals surface area contributed by atoms with Gasteiger partial charge < -0.3 is 20.5 Å². The molecule has 0 saturated heterocycles. The molecule has 0 unspecified atom stereocenters. The Kier molecular flexibility index (Phi) is 7.81. The zero-order chi connectivity index (χ0) is 16.4. The molecule has 0 spiro atoms. The normalized spacial score (nSPS) is 10.2. The van der Waals surface area contributed by atoms with Crippen LogP contribution in [0.5, 0.6) is 5.75 Å². The van der Waals surface area contributed by atoms with Crippen molar-refractivity contribution in [2.45, 2.75) is 32.6 Å². The Morgan fingerprint density at radius 3 is 2.59 bits per heavy atom. The molecule has 1 rings (SSSR count). The predicted molar refractivity (Wildman–Crippen MR) is 84.7 cm³/mol. The molecule has 0 fully saturated rings. The summed E-state index contributed by atoms with van der Waals surface area (Å²) in [6.45, 7) is 3.20. The van der Waals surface area contributed by atoms with Crippen LogP contribution in [0.25, 0.3) is 0 Å². The summed E-state index contributed by atoms with van der Waals surface area (Å²) < 4.78 is 5.54. The summed E-state index contributed by atoms with van der Waals surface area (Å²) in [4.78, 5) is 24.3. The molecule has 0 bridgehead atoms. The minimum Gasteiger partial charge on any atom is -0.491 e. The average Bonchev–Trinajstić information content (AvgIpc) is 2.49. The molecular weight excluding hydrogens is 284 g/mol. The molecule has 3 N–H and O–H groups in total. The second kappa shape index (κ2) is 9.65. The largest absolute Gasteiger partial charge is 0.491 e. The van der Waals surface area contributed by atoms with E-state index in [9.17, 15) is 9.59 Å². The van der Waals surface area contributed by atoms with E-state index in [1.165, 1.54) is 0 Å². The van der Waals surface area contributed by atoms with Crippen molar-refractivity contribution in [3.05, 3.63) is 24.3 Å². The molecule has 0 aliphatic heterocycles. The zero-order valence-corrected chi connectivity index (χ0v) is 13.0. The van der Waals surface area contributed by atoms with Crippen LogP contribution in [0.4, 0.5) is 5.69 Å². The number of rotatable bonds is 10. The highest BCUT2D eigenvalue weighted by Crippen LogP contribution is 2.19. The number of carbonyl (C=O) groups excluding carboxylic acids is 1. The lowest BCUT2D eigenvalue weighted by Gasteiger charge is -2.21. The molecule has 122 valence electrons. The third-order valence-electron chi connectivity index (χ3n) is 3.15. The summed E-state index contributed by atoms with van der Waals surface area (Å²) in [5.74, 6) is -0.309. The van der Waals surface area contributed by atoms with Gasteiger partial charge in [0.05, 0.1) is 18.7 Å². The van der Waals surface area contributed by atoms with Crippen molar-refractivity contribution in [2.24, 2.45) is 0 Å². The first kappa shape index (κ1) is 17.8. The van der Waals surface area contributed by atoms with E-state index in [1.54, 1.807) is 17.0 Å². The van der Waals surface area contributed by atoms with E-state index in [2.05, 4.69) is 0 Å². The molecule has 0 aliphatic rings. The average molecular weight is 308 g/mol. The van der Waals surface area contributed by atoms with Crippen molar-refractivity contribution >= 4 is 17.6 Å². The highest BCUT2D eigenvalue weighted by molar-refractivity contribution is 5.77. The molecule has 0 aliphatic carbocycles. The smallest absolute Gasteiger partial charge is 0.305 e. The molecule has 6 heteroatoms. The van der Waals surface area contributed by atoms with Gasteiger partial charge in [-0.05, 0) is 25.0 Å². The van der Waals surface area contributed by atoms with Crippen LogP contribution in [0.15, 0.2) is 24.3 Å². The number of nitrogen functional groups attached to an aromatic ring is 1. The molecular formula is C16H24N2O4. The third-order valence-corrected chi connectivity index (χ3v) is 3.15. The number of carboxylic acids is 1. The van der Waals surface area contributed by atoms with E-state index < -0.39 is 5.97 Å². The van der Waals surface area contributed by atoms with E-state index in [4.69, 9.17) is 15.6 Å². The Labute approximate surface area is 130 Å². The minimum absolute atomic E-state index is 0.0250. The number of hydrogen-bond donors (Lipinski definition) is 2. The topological polar surface area (TPSA) is 92.9 Å². The first-order chi connectivity index (χ1) is 10.5. The number of carbonyl (C=O) groups is 2. The number of para-hydroxylation sites is 2. The van der Waals surface area contributed by atoms with Crippen LogP contribution in [0.1, 0.15) is 32.6 Å². The van der Waals surface area contributed by atoms with Gasteiger partial charge in [-0.3, -0.25) is 9.59 Å². The zero-order valence-electron chi connectivity index (χ0n) is 13.0. The van der Waals surface area contributed by atoms with Crippen LogP contribution in [-0.2, 0) is 9.59 Å². The van der Waals surface area contributed by atoms with Gasteiger partial charge in [-0.2, -0.15) is 0 Å². The van der Waals surface area contributed by atoms with Crippen LogP contribution in [0.3, 0.4) is 0 Å². The Morgan fingerprint density at radius 1 is 1.23 bits per heavy atom. The molecule has 22 heavy (non-hydrogen) atoms. The van der Waals surface area contributed by atoms with Crippen LogP contribution < -0.4 is 10.5 Å². The Balaban J connectivity index is 2.33. The van der Waals surface area contributed by atoms with E-state index in [-0.39, 0.29) is 18.9 Å². The Hall–Kier alpha value is -2.24. The number of aliphatic carboxylic acids is 1. The van der Waals surface area contributed by atoms with Crippen molar-refractivity contribution in [1.82, 2.24) is 4.90 Å². The predicted octanol–water partition coefficient (Wildman–Crippen LogP) is 2.14. The standard InChI is InChI=1S/C16H24N2O4/c1-2-10-18(11-9-16(20)21)15(19)8-5-12-22-14-7-4-3-6-13(14)17/h3-4,6-7H,2,5,8-12,17H2,1H3,(H,20,21). The molecule has 0 saturated carbocycles. The summed E-state index contributed by atoms with van der Waals surface area (Å²) in [7, 11) is 0. The lowest BCUT2D eigenvalue weighted by molar-refractivity contribution is -0.138. The molecule has 1 amide bonds. The number of nitrogens with zero attached hydrogens (tertiary/aromatic N) is 1. The summed E-state index contributed by atoms with van der Waals surface area (Å²) >= 11 is 0. The lowest BCUT2D eigenvalue weighted by Crippen LogP contribution is -2.33. The summed E-state index contributed by atoms with van der Waals surface area (Å²) in [6.07, 6.45) is 1.69. The monoisotopic (exact) mass is 308 g/mol. The van der Waals surface area contributed by atoms with Crippen molar-refractivity contribution < 1.29 is 19.4 Å². The van der Waals surface area contributed by atoms with Crippen molar-refractivity contribution in [3.63, 3.8) is 0 Å². The van der Waals surface area contributed by atoms with Gasteiger partial charge in [0.15, 0.2) is 0 Å². The lowest BCUT2D eigenvalue weighted by atomic mass is 10.2. The van der Waals surface area contributed by atoms with Crippen LogP contribution in [0.2, 0.25) is 0 Å². The van der Waals surface area contributed by atoms with Crippen LogP contribution >= 0.6 is 0 Å². The molecule has 0 heterocycles. The summed E-state index contributed by atoms with van der Waals surface area (Å²) in [5.41, 5.74) is 6.33. The van der Waals surface area contributed by atoms with Gasteiger partial charge in [0, 0.05) is 19.5 Å². The SMILES string of the molecule is CCCN(CCC(=O)O)C(=O)CCCOc1ccccc1N. The van der Waals surface area contributed by atoms with Gasteiger partial charge in [0.25, 0.3) is 0 Å². The quantitative estimate of drug-likeness (QED) is 0.510. The van der Waals surface area contributed by atoms with Crippen molar-refractivity contribution in [1.29, 1.82) is 0 Å². The number of hydrogen-bond acceptors (Lipinski definition) is 4. The number of anilines is 1. The van der Waals surface area contributed by atoms with E-state index >= 15 is 0 Å². The van der Waals surface area contributed by atoms with Gasteiger partial charge in [-0.15, -0.1) is 0 Å². The Morgan fingerprint density at radius 2 is 1.95 bits per heavy atom. The molecule has 1 aromatic rings. The number of benzene rings is 1. The molecule has 6 nitrogen and oxygen atoms in total. The fourth-order valence-electron chi connectivity index (χ4n) is 2.04. The maximum atomic E-state index is 12.1. The summed E-state index contributed by atoms with van der Waals surface area (Å²) in [6, 6.07) is 7.21. The number of nitrogens with two attached hydrogens (primary N) is 1. The highest BCUT2D eigenvalue weighted by Gasteiger charge is 2.13. The minimum atomic E-state index is -0.892. The van der Waals surface area contributed by atoms with Gasteiger partial charge in [0.1, 0.15) is 5.75 Å². The maximum Gasteiger partial charge on any atom is 0.305 e.